The van der Waals surface area contributed by atoms with Crippen molar-refractivity contribution in [1.29, 1.82) is 0 Å². The number of fused-ring (bicyclic) bond motifs is 1. The number of nitrogens with one attached hydrogen (secondary N) is 1. The first kappa shape index (κ1) is 23.0. The Labute approximate surface area is 197 Å². The van der Waals surface area contributed by atoms with Crippen LogP contribution in [-0.4, -0.2) is 34.5 Å². The monoisotopic (exact) mass is 484 g/mol. The van der Waals surface area contributed by atoms with Crippen LogP contribution < -0.4 is 9.62 Å². The number of aryl methyl sites for hydroxylation is 1. The minimum absolute atomic E-state index is 0.186. The highest BCUT2D eigenvalue weighted by Gasteiger charge is 2.27. The third-order valence-electron chi connectivity index (χ3n) is 5.68. The number of ether oxygens (including phenoxy) is 1. The average molecular weight is 485 g/mol. The molecular weight excluding hydrogens is 460 g/mol. The lowest BCUT2D eigenvalue weighted by molar-refractivity contribution is 0.0601. The van der Waals surface area contributed by atoms with Crippen molar-refractivity contribution in [3.63, 3.8) is 0 Å². The molecule has 4 rings (SSSR count). The number of carbonyl (C=O) groups is 2. The lowest BCUT2D eigenvalue weighted by Gasteiger charge is -2.19. The molecule has 3 aromatic rings. The summed E-state index contributed by atoms with van der Waals surface area (Å²) in [6.45, 7) is 0. The largest absolute Gasteiger partial charge is 0.465 e. The summed E-state index contributed by atoms with van der Waals surface area (Å²) < 4.78 is 31.8. The van der Waals surface area contributed by atoms with E-state index < -0.39 is 16.0 Å². The molecule has 0 fully saturated rings. The van der Waals surface area contributed by atoms with Gasteiger partial charge < -0.3 is 10.1 Å². The van der Waals surface area contributed by atoms with Crippen LogP contribution in [0.25, 0.3) is 0 Å². The molecule has 2 aromatic carbocycles. The van der Waals surface area contributed by atoms with Crippen molar-refractivity contribution in [2.75, 3.05) is 23.8 Å². The number of sulfonamides is 1. The molecule has 9 heteroatoms. The van der Waals surface area contributed by atoms with Crippen LogP contribution in [0.5, 0.6) is 0 Å². The number of anilines is 2. The third-order valence-corrected chi connectivity index (χ3v) is 8.69. The number of benzene rings is 2. The zero-order valence-electron chi connectivity index (χ0n) is 18.3. The predicted molar refractivity (Wildman–Crippen MR) is 129 cm³/mol. The van der Waals surface area contributed by atoms with E-state index >= 15 is 0 Å². The normalized spacial score (nSPS) is 13.2. The number of nitrogens with zero attached hydrogens (tertiary/aromatic N) is 1. The number of hydrogen-bond acceptors (Lipinski definition) is 6. The quantitative estimate of drug-likeness (QED) is 0.521. The molecule has 1 aliphatic carbocycles. The van der Waals surface area contributed by atoms with Crippen molar-refractivity contribution >= 4 is 43.9 Å². The maximum atomic E-state index is 12.9. The minimum atomic E-state index is -3.71. The zero-order valence-corrected chi connectivity index (χ0v) is 20.0. The molecule has 1 amide bonds. The summed E-state index contributed by atoms with van der Waals surface area (Å²) in [7, 11) is -0.909. The molecule has 0 unspecified atom stereocenters. The number of methoxy groups -OCH3 is 1. The summed E-state index contributed by atoms with van der Waals surface area (Å²) in [5.74, 6) is -0.827. The highest BCUT2D eigenvalue weighted by molar-refractivity contribution is 7.92. The Kier molecular flexibility index (Phi) is 6.53. The first-order valence-electron chi connectivity index (χ1n) is 10.5. The van der Waals surface area contributed by atoms with Crippen LogP contribution in [0, 0.1) is 0 Å². The highest BCUT2D eigenvalue weighted by Crippen LogP contribution is 2.38. The van der Waals surface area contributed by atoms with Gasteiger partial charge in [0.2, 0.25) is 0 Å². The Balaban J connectivity index is 1.55. The van der Waals surface area contributed by atoms with E-state index in [9.17, 15) is 18.0 Å². The third kappa shape index (κ3) is 4.51. The van der Waals surface area contributed by atoms with Crippen LogP contribution in [0.3, 0.4) is 0 Å². The van der Waals surface area contributed by atoms with Crippen molar-refractivity contribution in [1.82, 2.24) is 0 Å². The standard InChI is InChI=1S/C24H24N2O5S2/c1-26(33(29,30)18-8-4-3-5-9-18)17-14-12-16(13-15-17)22(27)25-23-21(24(28)31-2)19-10-6-7-11-20(19)32-23/h3-5,8-9,12-15H,6-7,10-11H2,1-2H3,(H,25,27). The van der Waals surface area contributed by atoms with E-state index in [-0.39, 0.29) is 10.8 Å². The molecule has 0 bridgehead atoms. The molecule has 0 aliphatic heterocycles. The summed E-state index contributed by atoms with van der Waals surface area (Å²) in [4.78, 5) is 26.6. The van der Waals surface area contributed by atoms with Crippen molar-refractivity contribution < 1.29 is 22.7 Å². The van der Waals surface area contributed by atoms with E-state index in [4.69, 9.17) is 4.74 Å². The van der Waals surface area contributed by atoms with E-state index in [0.717, 1.165) is 36.1 Å². The molecule has 0 radical (unpaired) electrons. The van der Waals surface area contributed by atoms with Crippen molar-refractivity contribution in [3.05, 3.63) is 76.2 Å². The molecule has 0 spiro atoms. The molecule has 0 atom stereocenters. The van der Waals surface area contributed by atoms with Gasteiger partial charge in [-0.3, -0.25) is 9.10 Å². The van der Waals surface area contributed by atoms with Crippen molar-refractivity contribution in [2.24, 2.45) is 0 Å². The SMILES string of the molecule is COC(=O)c1c(NC(=O)c2ccc(N(C)S(=O)(=O)c3ccccc3)cc2)sc2c1CCCC2. The van der Waals surface area contributed by atoms with Crippen LogP contribution in [-0.2, 0) is 27.6 Å². The lowest BCUT2D eigenvalue weighted by Crippen LogP contribution is -2.26. The zero-order chi connectivity index (χ0) is 23.6. The van der Waals surface area contributed by atoms with Gasteiger partial charge in [0, 0.05) is 17.5 Å². The Hall–Kier alpha value is -3.17. The first-order valence-corrected chi connectivity index (χ1v) is 12.8. The van der Waals surface area contributed by atoms with Crippen LogP contribution in [0.1, 0.15) is 44.0 Å². The second kappa shape index (κ2) is 9.36. The molecule has 1 N–H and O–H groups in total. The fraction of sp³-hybridized carbons (Fsp3) is 0.250. The van der Waals surface area contributed by atoms with Gasteiger partial charge in [-0.05, 0) is 67.6 Å². The molecule has 1 aromatic heterocycles. The maximum Gasteiger partial charge on any atom is 0.341 e. The van der Waals surface area contributed by atoms with Gasteiger partial charge in [-0.15, -0.1) is 11.3 Å². The Morgan fingerprint density at radius 1 is 1.00 bits per heavy atom. The van der Waals surface area contributed by atoms with Crippen LogP contribution in [0.15, 0.2) is 59.5 Å². The molecule has 172 valence electrons. The smallest absolute Gasteiger partial charge is 0.341 e. The summed E-state index contributed by atoms with van der Waals surface area (Å²) in [5.41, 5.74) is 2.19. The Morgan fingerprint density at radius 2 is 1.67 bits per heavy atom. The van der Waals surface area contributed by atoms with Gasteiger partial charge in [0.1, 0.15) is 5.00 Å². The fourth-order valence-corrected chi connectivity index (χ4v) is 6.35. The molecular formula is C24H24N2O5S2. The van der Waals surface area contributed by atoms with Gasteiger partial charge in [-0.1, -0.05) is 18.2 Å². The van der Waals surface area contributed by atoms with E-state index in [1.807, 2.05) is 0 Å². The highest BCUT2D eigenvalue weighted by atomic mass is 32.2. The summed E-state index contributed by atoms with van der Waals surface area (Å²) in [5, 5.41) is 3.34. The number of rotatable bonds is 6. The fourth-order valence-electron chi connectivity index (χ4n) is 3.86. The Morgan fingerprint density at radius 3 is 2.33 bits per heavy atom. The number of amides is 1. The molecule has 1 heterocycles. The summed E-state index contributed by atoms with van der Waals surface area (Å²) in [6, 6.07) is 14.4. The minimum Gasteiger partial charge on any atom is -0.465 e. The van der Waals surface area contributed by atoms with E-state index in [2.05, 4.69) is 5.32 Å². The summed E-state index contributed by atoms with van der Waals surface area (Å²) >= 11 is 1.42. The van der Waals surface area contributed by atoms with Crippen molar-refractivity contribution in [3.8, 4) is 0 Å². The van der Waals surface area contributed by atoms with Crippen LogP contribution >= 0.6 is 11.3 Å². The van der Waals surface area contributed by atoms with Crippen LogP contribution in [0.2, 0.25) is 0 Å². The first-order chi connectivity index (χ1) is 15.8. The van der Waals surface area contributed by atoms with Crippen LogP contribution in [0.4, 0.5) is 10.7 Å². The lowest BCUT2D eigenvalue weighted by atomic mass is 9.95. The molecule has 0 saturated heterocycles. The number of carbonyl (C=O) groups excluding carboxylic acids is 2. The molecule has 33 heavy (non-hydrogen) atoms. The maximum absolute atomic E-state index is 12.9. The number of thiophene rings is 1. The molecule has 7 nitrogen and oxygen atoms in total. The van der Waals surface area contributed by atoms with Gasteiger partial charge in [0.15, 0.2) is 0 Å². The topological polar surface area (TPSA) is 92.8 Å². The predicted octanol–water partition coefficient (Wildman–Crippen LogP) is 4.49. The van der Waals surface area contributed by atoms with E-state index in [1.165, 1.54) is 41.9 Å². The van der Waals surface area contributed by atoms with Gasteiger partial charge in [-0.25, -0.2) is 13.2 Å². The van der Waals surface area contributed by atoms with Gasteiger partial charge in [0.05, 0.1) is 23.3 Å². The summed E-state index contributed by atoms with van der Waals surface area (Å²) in [6.07, 6.45) is 3.74. The molecule has 1 aliphatic rings. The van der Waals surface area contributed by atoms with Gasteiger partial charge >= 0.3 is 5.97 Å². The van der Waals surface area contributed by atoms with Gasteiger partial charge in [0.25, 0.3) is 15.9 Å². The van der Waals surface area contributed by atoms with Gasteiger partial charge in [-0.2, -0.15) is 0 Å². The van der Waals surface area contributed by atoms with E-state index in [0.29, 0.717) is 21.8 Å². The molecule has 0 saturated carbocycles. The second-order valence-electron chi connectivity index (χ2n) is 7.69. The average Bonchev–Trinajstić information content (AvgIpc) is 3.21. The number of hydrogen-bond donors (Lipinski definition) is 1. The second-order valence-corrected chi connectivity index (χ2v) is 10.8. The Bertz CT molecular complexity index is 1280. The van der Waals surface area contributed by atoms with E-state index in [1.54, 1.807) is 42.5 Å². The number of esters is 1. The van der Waals surface area contributed by atoms with Crippen molar-refractivity contribution in [2.45, 2.75) is 30.6 Å².